The van der Waals surface area contributed by atoms with Crippen molar-refractivity contribution < 1.29 is 4.74 Å². The molecule has 1 aliphatic heterocycles. The summed E-state index contributed by atoms with van der Waals surface area (Å²) in [5.74, 6) is 1.40. The zero-order valence-corrected chi connectivity index (χ0v) is 16.6. The summed E-state index contributed by atoms with van der Waals surface area (Å²) in [6.45, 7) is 4.44. The third kappa shape index (κ3) is 3.61. The molecule has 0 bridgehead atoms. The fraction of sp³-hybridized carbons (Fsp3) is 0.200. The number of hydrogen-bond donors (Lipinski definition) is 1. The molecule has 3 aromatic carbocycles. The van der Waals surface area contributed by atoms with E-state index in [4.69, 9.17) is 4.74 Å². The van der Waals surface area contributed by atoms with Crippen LogP contribution in [0.15, 0.2) is 84.9 Å². The number of nitrogens with one attached hydrogen (secondary N) is 1. The van der Waals surface area contributed by atoms with E-state index in [1.54, 1.807) is 7.11 Å². The zero-order chi connectivity index (χ0) is 19.5. The van der Waals surface area contributed by atoms with Gasteiger partial charge in [0.05, 0.1) is 24.5 Å². The largest absolute Gasteiger partial charge is 0.497 e. The molecule has 0 saturated heterocycles. The predicted octanol–water partition coefficient (Wildman–Crippen LogP) is 5.93. The number of methoxy groups -OCH3 is 1. The standard InChI is InChI=1S/C25H26N2O/c1-18(2)19-9-11-20(12-10-19)24-17-25(21-13-15-23(28-3)16-14-21)27(26-24)22-7-5-4-6-8-22/h4-18,25-26H,1-3H3. The predicted molar refractivity (Wildman–Crippen MR) is 116 cm³/mol. The zero-order valence-electron chi connectivity index (χ0n) is 16.6. The van der Waals surface area contributed by atoms with Crippen LogP contribution in [0.25, 0.3) is 5.70 Å². The molecule has 1 atom stereocenters. The van der Waals surface area contributed by atoms with Gasteiger partial charge in [-0.1, -0.05) is 68.4 Å². The van der Waals surface area contributed by atoms with Gasteiger partial charge in [-0.15, -0.1) is 0 Å². The van der Waals surface area contributed by atoms with Gasteiger partial charge in [-0.2, -0.15) is 0 Å². The molecule has 1 N–H and O–H groups in total. The van der Waals surface area contributed by atoms with E-state index in [-0.39, 0.29) is 6.04 Å². The Hall–Kier alpha value is -3.20. The van der Waals surface area contributed by atoms with Crippen molar-refractivity contribution in [3.8, 4) is 5.75 Å². The second-order valence-corrected chi connectivity index (χ2v) is 7.39. The van der Waals surface area contributed by atoms with Gasteiger partial charge in [0, 0.05) is 0 Å². The summed E-state index contributed by atoms with van der Waals surface area (Å²) < 4.78 is 5.32. The minimum Gasteiger partial charge on any atom is -0.497 e. The molecule has 3 heteroatoms. The monoisotopic (exact) mass is 370 g/mol. The first-order chi connectivity index (χ1) is 13.7. The number of hydrazine groups is 1. The molecule has 0 spiro atoms. The molecule has 0 aliphatic carbocycles. The van der Waals surface area contributed by atoms with Crippen LogP contribution in [0, 0.1) is 0 Å². The van der Waals surface area contributed by atoms with Gasteiger partial charge in [-0.25, -0.2) is 0 Å². The van der Waals surface area contributed by atoms with E-state index in [0.717, 1.165) is 17.1 Å². The SMILES string of the molecule is COc1ccc(C2C=C(c3ccc(C(C)C)cc3)NN2c2ccccc2)cc1. The Morgan fingerprint density at radius 3 is 2.14 bits per heavy atom. The average Bonchev–Trinajstić information content (AvgIpc) is 3.20. The Bertz CT molecular complexity index is 944. The van der Waals surface area contributed by atoms with Crippen molar-refractivity contribution in [2.24, 2.45) is 0 Å². The number of nitrogens with zero attached hydrogens (tertiary/aromatic N) is 1. The van der Waals surface area contributed by atoms with Crippen molar-refractivity contribution in [1.82, 2.24) is 5.43 Å². The van der Waals surface area contributed by atoms with Crippen LogP contribution in [0.4, 0.5) is 5.69 Å². The minimum absolute atomic E-state index is 0.105. The molecule has 1 heterocycles. The molecule has 1 unspecified atom stereocenters. The molecular formula is C25H26N2O. The molecule has 142 valence electrons. The van der Waals surface area contributed by atoms with Crippen LogP contribution < -0.4 is 15.2 Å². The molecule has 4 rings (SSSR count). The second-order valence-electron chi connectivity index (χ2n) is 7.39. The summed E-state index contributed by atoms with van der Waals surface area (Å²) in [6, 6.07) is 27.7. The van der Waals surface area contributed by atoms with Gasteiger partial charge < -0.3 is 4.74 Å². The van der Waals surface area contributed by atoms with Crippen LogP contribution in [0.2, 0.25) is 0 Å². The van der Waals surface area contributed by atoms with Crippen LogP contribution in [-0.2, 0) is 0 Å². The molecule has 0 aromatic heterocycles. The molecule has 0 amide bonds. The van der Waals surface area contributed by atoms with Crippen LogP contribution in [0.5, 0.6) is 5.75 Å². The van der Waals surface area contributed by atoms with Gasteiger partial charge >= 0.3 is 0 Å². The fourth-order valence-electron chi connectivity index (χ4n) is 3.54. The van der Waals surface area contributed by atoms with E-state index in [2.05, 4.69) is 91.0 Å². The van der Waals surface area contributed by atoms with Crippen LogP contribution in [0.3, 0.4) is 0 Å². The van der Waals surface area contributed by atoms with Crippen molar-refractivity contribution in [2.45, 2.75) is 25.8 Å². The highest BCUT2D eigenvalue weighted by Gasteiger charge is 2.27. The molecule has 1 aliphatic rings. The number of hydrogen-bond acceptors (Lipinski definition) is 3. The summed E-state index contributed by atoms with van der Waals surface area (Å²) in [5.41, 5.74) is 9.64. The number of anilines is 1. The van der Waals surface area contributed by atoms with E-state index in [1.165, 1.54) is 16.7 Å². The lowest BCUT2D eigenvalue weighted by atomic mass is 10.00. The van der Waals surface area contributed by atoms with Gasteiger partial charge in [0.25, 0.3) is 0 Å². The summed E-state index contributed by atoms with van der Waals surface area (Å²) in [6.07, 6.45) is 2.29. The average molecular weight is 370 g/mol. The Morgan fingerprint density at radius 2 is 1.54 bits per heavy atom. The summed E-state index contributed by atoms with van der Waals surface area (Å²) >= 11 is 0. The van der Waals surface area contributed by atoms with E-state index < -0.39 is 0 Å². The van der Waals surface area contributed by atoms with Crippen molar-refractivity contribution in [3.05, 3.63) is 102 Å². The summed E-state index contributed by atoms with van der Waals surface area (Å²) in [5, 5.41) is 2.22. The number of rotatable bonds is 5. The highest BCUT2D eigenvalue weighted by Crippen LogP contribution is 2.35. The highest BCUT2D eigenvalue weighted by molar-refractivity contribution is 5.72. The quantitative estimate of drug-likeness (QED) is 0.603. The third-order valence-electron chi connectivity index (χ3n) is 5.22. The molecular weight excluding hydrogens is 344 g/mol. The van der Waals surface area contributed by atoms with Crippen LogP contribution in [0.1, 0.15) is 42.5 Å². The first-order valence-corrected chi connectivity index (χ1v) is 9.73. The first-order valence-electron chi connectivity index (χ1n) is 9.73. The van der Waals surface area contributed by atoms with Crippen molar-refractivity contribution >= 4 is 11.4 Å². The van der Waals surface area contributed by atoms with E-state index >= 15 is 0 Å². The lowest BCUT2D eigenvalue weighted by Crippen LogP contribution is -2.33. The second kappa shape index (κ2) is 7.81. The molecule has 0 fully saturated rings. The summed E-state index contributed by atoms with van der Waals surface area (Å²) in [7, 11) is 1.70. The van der Waals surface area contributed by atoms with Gasteiger partial charge in [0.1, 0.15) is 5.75 Å². The molecule has 0 radical (unpaired) electrons. The van der Waals surface area contributed by atoms with Gasteiger partial charge in [0.2, 0.25) is 0 Å². The van der Waals surface area contributed by atoms with E-state index in [1.807, 2.05) is 18.2 Å². The van der Waals surface area contributed by atoms with Crippen molar-refractivity contribution in [3.63, 3.8) is 0 Å². The molecule has 3 aromatic rings. The Balaban J connectivity index is 1.69. The number of benzene rings is 3. The maximum absolute atomic E-state index is 5.32. The van der Waals surface area contributed by atoms with Gasteiger partial charge in [-0.05, 0) is 52.9 Å². The molecule has 3 nitrogen and oxygen atoms in total. The number of ether oxygens (including phenoxy) is 1. The third-order valence-corrected chi connectivity index (χ3v) is 5.22. The highest BCUT2D eigenvalue weighted by atomic mass is 16.5. The molecule has 0 saturated carbocycles. The Labute approximate surface area is 167 Å². The first kappa shape index (κ1) is 18.2. The fourth-order valence-corrected chi connectivity index (χ4v) is 3.54. The maximum Gasteiger partial charge on any atom is 0.118 e. The van der Waals surface area contributed by atoms with Crippen LogP contribution >= 0.6 is 0 Å². The normalized spacial score (nSPS) is 16.1. The van der Waals surface area contributed by atoms with Crippen molar-refractivity contribution in [1.29, 1.82) is 0 Å². The smallest absolute Gasteiger partial charge is 0.118 e. The minimum atomic E-state index is 0.105. The van der Waals surface area contributed by atoms with E-state index in [0.29, 0.717) is 5.92 Å². The lowest BCUT2D eigenvalue weighted by molar-refractivity contribution is 0.414. The van der Waals surface area contributed by atoms with Gasteiger partial charge in [-0.3, -0.25) is 10.4 Å². The topological polar surface area (TPSA) is 24.5 Å². The Morgan fingerprint density at radius 1 is 0.857 bits per heavy atom. The van der Waals surface area contributed by atoms with Gasteiger partial charge in [0.15, 0.2) is 0 Å². The molecule has 28 heavy (non-hydrogen) atoms. The number of para-hydroxylation sites is 1. The maximum atomic E-state index is 5.32. The lowest BCUT2D eigenvalue weighted by Gasteiger charge is -2.27. The Kier molecular flexibility index (Phi) is 5.07. The summed E-state index contributed by atoms with van der Waals surface area (Å²) in [4.78, 5) is 0. The van der Waals surface area contributed by atoms with E-state index in [9.17, 15) is 0 Å². The van der Waals surface area contributed by atoms with Crippen molar-refractivity contribution in [2.75, 3.05) is 12.1 Å². The van der Waals surface area contributed by atoms with Crippen LogP contribution in [-0.4, -0.2) is 7.11 Å².